The molecule has 1 amide bonds. The fourth-order valence-corrected chi connectivity index (χ4v) is 3.69. The molecule has 0 spiro atoms. The molecule has 0 radical (unpaired) electrons. The van der Waals surface area contributed by atoms with Crippen LogP contribution in [-0.2, 0) is 24.3 Å². The van der Waals surface area contributed by atoms with Gasteiger partial charge in [0.15, 0.2) is 5.70 Å². The standard InChI is InChI=1S/C22H19N5O8S2/c1-14(28)21(22(29)23-15-5-3-2-4-6-15)27-26-19-12-9-17(13-20(19)37(31,32)33)25-24-16-7-10-18(11-8-16)36-35-34-30/h2-13,28,30H,1H3,(H,23,29)(H,31,32,33). The molecular formula is C22H19N5O8S2. The Balaban J connectivity index is 1.83. The van der Waals surface area contributed by atoms with Gasteiger partial charge in [-0.3, -0.25) is 9.35 Å². The minimum atomic E-state index is -4.77. The lowest BCUT2D eigenvalue weighted by Gasteiger charge is -2.06. The highest BCUT2D eigenvalue weighted by atomic mass is 32.2. The molecule has 3 aromatic carbocycles. The zero-order valence-electron chi connectivity index (χ0n) is 18.9. The van der Waals surface area contributed by atoms with Crippen LogP contribution >= 0.6 is 12.0 Å². The van der Waals surface area contributed by atoms with Crippen molar-refractivity contribution < 1.29 is 37.5 Å². The lowest BCUT2D eigenvalue weighted by atomic mass is 10.3. The van der Waals surface area contributed by atoms with Crippen LogP contribution in [0.1, 0.15) is 6.92 Å². The topological polar surface area (TPSA) is 192 Å². The molecule has 0 bridgehead atoms. The number of allylic oxidation sites excluding steroid dienone is 1. The molecule has 192 valence electrons. The highest BCUT2D eigenvalue weighted by Crippen LogP contribution is 2.31. The number of azo groups is 2. The average Bonchev–Trinajstić information content (AvgIpc) is 2.87. The third-order valence-electron chi connectivity index (χ3n) is 4.35. The minimum Gasteiger partial charge on any atom is -0.510 e. The van der Waals surface area contributed by atoms with Crippen molar-refractivity contribution in [3.05, 3.63) is 84.3 Å². The van der Waals surface area contributed by atoms with E-state index in [1.807, 2.05) is 0 Å². The van der Waals surface area contributed by atoms with Crippen molar-refractivity contribution in [3.8, 4) is 0 Å². The average molecular weight is 546 g/mol. The van der Waals surface area contributed by atoms with Gasteiger partial charge in [0.25, 0.3) is 16.0 Å². The molecule has 0 saturated carbocycles. The Hall–Kier alpha value is -3.99. The van der Waals surface area contributed by atoms with Gasteiger partial charge in [0.1, 0.15) is 16.3 Å². The molecular weight excluding hydrogens is 526 g/mol. The van der Waals surface area contributed by atoms with Crippen molar-refractivity contribution in [1.29, 1.82) is 0 Å². The summed E-state index contributed by atoms with van der Waals surface area (Å²) >= 11 is 0.758. The number of anilines is 1. The third-order valence-corrected chi connectivity index (χ3v) is 5.82. The first-order chi connectivity index (χ1) is 17.7. The van der Waals surface area contributed by atoms with E-state index in [1.165, 1.54) is 19.1 Å². The number of carbonyl (C=O) groups excluding carboxylic acids is 1. The van der Waals surface area contributed by atoms with E-state index in [0.29, 0.717) is 16.3 Å². The van der Waals surface area contributed by atoms with E-state index in [4.69, 9.17) is 5.26 Å². The number of nitrogens with zero attached hydrogens (tertiary/aromatic N) is 4. The predicted molar refractivity (Wildman–Crippen MR) is 132 cm³/mol. The molecule has 0 aromatic heterocycles. The highest BCUT2D eigenvalue weighted by molar-refractivity contribution is 7.94. The second kappa shape index (κ2) is 12.8. The van der Waals surface area contributed by atoms with E-state index in [2.05, 4.69) is 35.1 Å². The van der Waals surface area contributed by atoms with E-state index in [0.717, 1.165) is 18.1 Å². The molecule has 0 heterocycles. The fourth-order valence-electron chi connectivity index (χ4n) is 2.69. The summed E-state index contributed by atoms with van der Waals surface area (Å²) in [4.78, 5) is 12.5. The molecule has 0 aliphatic rings. The molecule has 0 atom stereocenters. The molecule has 0 fully saturated rings. The second-order valence-corrected chi connectivity index (χ2v) is 9.17. The van der Waals surface area contributed by atoms with Crippen LogP contribution in [0, 0.1) is 0 Å². The van der Waals surface area contributed by atoms with Crippen molar-refractivity contribution in [2.24, 2.45) is 20.5 Å². The Morgan fingerprint density at radius 1 is 0.946 bits per heavy atom. The maximum absolute atomic E-state index is 12.5. The quantitative estimate of drug-likeness (QED) is 0.0431. The van der Waals surface area contributed by atoms with E-state index < -0.39 is 32.4 Å². The summed E-state index contributed by atoms with van der Waals surface area (Å²) in [5, 5.41) is 39.5. The normalized spacial score (nSPS) is 12.6. The van der Waals surface area contributed by atoms with Crippen molar-refractivity contribution in [2.75, 3.05) is 5.32 Å². The van der Waals surface area contributed by atoms with Gasteiger partial charge in [0, 0.05) is 10.6 Å². The molecule has 15 heteroatoms. The van der Waals surface area contributed by atoms with Crippen molar-refractivity contribution in [2.45, 2.75) is 16.7 Å². The molecule has 37 heavy (non-hydrogen) atoms. The summed E-state index contributed by atoms with van der Waals surface area (Å²) in [6, 6.07) is 18.3. The smallest absolute Gasteiger partial charge is 0.296 e. The number of nitrogens with one attached hydrogen (secondary N) is 1. The lowest BCUT2D eigenvalue weighted by Crippen LogP contribution is -2.14. The van der Waals surface area contributed by atoms with Gasteiger partial charge in [-0.25, -0.2) is 5.26 Å². The number of amides is 1. The lowest BCUT2D eigenvalue weighted by molar-refractivity contribution is -0.432. The third kappa shape index (κ3) is 8.28. The van der Waals surface area contributed by atoms with E-state index in [-0.39, 0.29) is 11.4 Å². The van der Waals surface area contributed by atoms with Gasteiger partial charge in [0.05, 0.1) is 23.4 Å². The van der Waals surface area contributed by atoms with Gasteiger partial charge < -0.3 is 10.4 Å². The number of para-hydroxylation sites is 1. The van der Waals surface area contributed by atoms with Crippen LogP contribution in [0.15, 0.2) is 115 Å². The van der Waals surface area contributed by atoms with Crippen LogP contribution in [0.5, 0.6) is 0 Å². The van der Waals surface area contributed by atoms with Gasteiger partial charge in [-0.15, -0.1) is 14.6 Å². The first kappa shape index (κ1) is 27.6. The molecule has 13 nitrogen and oxygen atoms in total. The largest absolute Gasteiger partial charge is 0.510 e. The van der Waals surface area contributed by atoms with Crippen LogP contribution < -0.4 is 5.32 Å². The number of aliphatic hydroxyl groups excluding tert-OH is 1. The summed E-state index contributed by atoms with van der Waals surface area (Å²) in [6.07, 6.45) is 0. The number of benzene rings is 3. The van der Waals surface area contributed by atoms with Crippen LogP contribution in [0.25, 0.3) is 0 Å². The van der Waals surface area contributed by atoms with Crippen molar-refractivity contribution >= 4 is 50.8 Å². The van der Waals surface area contributed by atoms with Crippen LogP contribution in [0.4, 0.5) is 22.7 Å². The number of rotatable bonds is 10. The molecule has 3 aromatic rings. The zero-order chi connectivity index (χ0) is 26.8. The predicted octanol–water partition coefficient (Wildman–Crippen LogP) is 6.29. The van der Waals surface area contributed by atoms with Gasteiger partial charge >= 0.3 is 0 Å². The van der Waals surface area contributed by atoms with Gasteiger partial charge in [-0.1, -0.05) is 23.2 Å². The highest BCUT2D eigenvalue weighted by Gasteiger charge is 2.18. The zero-order valence-corrected chi connectivity index (χ0v) is 20.5. The van der Waals surface area contributed by atoms with Crippen LogP contribution in [-0.4, -0.2) is 29.2 Å². The molecule has 0 saturated heterocycles. The minimum absolute atomic E-state index is 0.0676. The number of hydrogen-bond donors (Lipinski definition) is 4. The van der Waals surface area contributed by atoms with Crippen LogP contribution in [0.3, 0.4) is 0 Å². The van der Waals surface area contributed by atoms with Gasteiger partial charge in [-0.05, 0) is 61.5 Å². The first-order valence-corrected chi connectivity index (χ1v) is 12.3. The number of hydrogen-bond acceptors (Lipinski definition) is 12. The van der Waals surface area contributed by atoms with E-state index in [9.17, 15) is 22.9 Å². The molecule has 0 unspecified atom stereocenters. The molecule has 3 rings (SSSR count). The Morgan fingerprint density at radius 3 is 2.22 bits per heavy atom. The Bertz CT molecular complexity index is 1440. The van der Waals surface area contributed by atoms with Crippen molar-refractivity contribution in [3.63, 3.8) is 0 Å². The molecule has 0 aliphatic heterocycles. The second-order valence-electron chi connectivity index (χ2n) is 7.00. The summed E-state index contributed by atoms with van der Waals surface area (Å²) in [5.41, 5.74) is 0.143. The molecule has 4 N–H and O–H groups in total. The van der Waals surface area contributed by atoms with Gasteiger partial charge in [0.2, 0.25) is 0 Å². The van der Waals surface area contributed by atoms with Crippen LogP contribution in [0.2, 0.25) is 0 Å². The summed E-state index contributed by atoms with van der Waals surface area (Å²) in [5.74, 6) is -1.25. The fraction of sp³-hybridized carbons (Fsp3) is 0.0455. The van der Waals surface area contributed by atoms with Gasteiger partial charge in [-0.2, -0.15) is 18.6 Å². The Morgan fingerprint density at radius 2 is 1.59 bits per heavy atom. The summed E-state index contributed by atoms with van der Waals surface area (Å²) < 4.78 is 37.9. The first-order valence-electron chi connectivity index (χ1n) is 10.1. The summed E-state index contributed by atoms with van der Waals surface area (Å²) in [7, 11) is -4.77. The summed E-state index contributed by atoms with van der Waals surface area (Å²) in [6.45, 7) is 1.21. The molecule has 0 aliphatic carbocycles. The SMILES string of the molecule is CC(O)=C(N=Nc1ccc(N=Nc2ccc(SOOO)cc2)cc1S(=O)(=O)O)C(=O)Nc1ccccc1. The Labute approximate surface area is 215 Å². The van der Waals surface area contributed by atoms with E-state index in [1.54, 1.807) is 54.6 Å². The Kier molecular flexibility index (Phi) is 9.56. The monoisotopic (exact) mass is 545 g/mol. The number of carbonyl (C=O) groups is 1. The maximum atomic E-state index is 12.5. The van der Waals surface area contributed by atoms with Crippen molar-refractivity contribution in [1.82, 2.24) is 0 Å². The van der Waals surface area contributed by atoms with E-state index >= 15 is 0 Å². The maximum Gasteiger partial charge on any atom is 0.296 e. The number of aliphatic hydroxyl groups is 1.